The van der Waals surface area contributed by atoms with E-state index in [0.717, 1.165) is 6.07 Å². The molecule has 3 N–H and O–H groups in total. The lowest BCUT2D eigenvalue weighted by molar-refractivity contribution is 0.102. The maximum atomic E-state index is 12.8. The first-order valence-electron chi connectivity index (χ1n) is 5.04. The van der Waals surface area contributed by atoms with Gasteiger partial charge in [0.1, 0.15) is 5.82 Å². The predicted octanol–water partition coefficient (Wildman–Crippen LogP) is 2.71. The first kappa shape index (κ1) is 12.3. The van der Waals surface area contributed by atoms with E-state index in [-0.39, 0.29) is 16.3 Å². The summed E-state index contributed by atoms with van der Waals surface area (Å²) in [6, 6.07) is 5.19. The highest BCUT2D eigenvalue weighted by Gasteiger charge is 2.11. The molecule has 0 fully saturated rings. The van der Waals surface area contributed by atoms with Gasteiger partial charge in [-0.25, -0.2) is 4.39 Å². The van der Waals surface area contributed by atoms with Crippen molar-refractivity contribution in [2.45, 2.75) is 0 Å². The van der Waals surface area contributed by atoms with Gasteiger partial charge in [0.05, 0.1) is 28.2 Å². The smallest absolute Gasteiger partial charge is 0.257 e. The highest BCUT2D eigenvalue weighted by molar-refractivity contribution is 6.34. The molecule has 1 heterocycles. The van der Waals surface area contributed by atoms with Crippen molar-refractivity contribution in [3.63, 3.8) is 0 Å². The summed E-state index contributed by atoms with van der Waals surface area (Å²) >= 11 is 5.80. The predicted molar refractivity (Wildman–Crippen MR) is 68.0 cm³/mol. The number of aromatic nitrogens is 1. The standard InChI is InChI=1S/C12H9ClFN3O/c13-9-5-7(14)1-2-11(9)17-12(18)8-3-4-16-6-10(8)15/h1-6H,15H2,(H,17,18). The van der Waals surface area contributed by atoms with Gasteiger partial charge in [-0.2, -0.15) is 0 Å². The minimum Gasteiger partial charge on any atom is -0.397 e. The average Bonchev–Trinajstić information content (AvgIpc) is 2.33. The fourth-order valence-electron chi connectivity index (χ4n) is 1.39. The normalized spacial score (nSPS) is 10.1. The minimum absolute atomic E-state index is 0.121. The second kappa shape index (κ2) is 5.01. The van der Waals surface area contributed by atoms with Crippen LogP contribution < -0.4 is 11.1 Å². The van der Waals surface area contributed by atoms with Crippen LogP contribution >= 0.6 is 11.6 Å². The Bertz CT molecular complexity index is 604. The van der Waals surface area contributed by atoms with Crippen LogP contribution in [0, 0.1) is 5.82 Å². The zero-order valence-electron chi connectivity index (χ0n) is 9.15. The number of anilines is 2. The summed E-state index contributed by atoms with van der Waals surface area (Å²) in [7, 11) is 0. The Morgan fingerprint density at radius 1 is 1.39 bits per heavy atom. The summed E-state index contributed by atoms with van der Waals surface area (Å²) in [6.45, 7) is 0. The second-order valence-electron chi connectivity index (χ2n) is 3.54. The number of nitrogens with two attached hydrogens (primary N) is 1. The zero-order valence-corrected chi connectivity index (χ0v) is 9.91. The number of pyridine rings is 1. The van der Waals surface area contributed by atoms with Crippen molar-refractivity contribution in [2.24, 2.45) is 0 Å². The summed E-state index contributed by atoms with van der Waals surface area (Å²) < 4.78 is 12.8. The lowest BCUT2D eigenvalue weighted by Crippen LogP contribution is -2.14. The number of hydrogen-bond acceptors (Lipinski definition) is 3. The number of nitrogen functional groups attached to an aromatic ring is 1. The van der Waals surface area contributed by atoms with Crippen LogP contribution in [0.1, 0.15) is 10.4 Å². The van der Waals surface area contributed by atoms with Crippen LogP contribution in [0.2, 0.25) is 5.02 Å². The third-order valence-corrected chi connectivity index (χ3v) is 2.59. The van der Waals surface area contributed by atoms with Crippen LogP contribution in [-0.4, -0.2) is 10.9 Å². The fourth-order valence-corrected chi connectivity index (χ4v) is 1.61. The van der Waals surface area contributed by atoms with Gasteiger partial charge in [-0.05, 0) is 24.3 Å². The van der Waals surface area contributed by atoms with Crippen molar-refractivity contribution < 1.29 is 9.18 Å². The van der Waals surface area contributed by atoms with E-state index in [1.54, 1.807) is 0 Å². The second-order valence-corrected chi connectivity index (χ2v) is 3.95. The molecule has 1 amide bonds. The molecule has 0 atom stereocenters. The lowest BCUT2D eigenvalue weighted by Gasteiger charge is -2.08. The number of benzene rings is 1. The van der Waals surface area contributed by atoms with Gasteiger partial charge < -0.3 is 11.1 Å². The SMILES string of the molecule is Nc1cnccc1C(=O)Nc1ccc(F)cc1Cl. The van der Waals surface area contributed by atoms with E-state index in [2.05, 4.69) is 10.3 Å². The maximum Gasteiger partial charge on any atom is 0.257 e. The molecule has 1 aromatic heterocycles. The van der Waals surface area contributed by atoms with Crippen molar-refractivity contribution in [1.82, 2.24) is 4.98 Å². The van der Waals surface area contributed by atoms with Gasteiger partial charge in [0.15, 0.2) is 0 Å². The number of nitrogens with one attached hydrogen (secondary N) is 1. The number of carbonyl (C=O) groups is 1. The summed E-state index contributed by atoms with van der Waals surface area (Å²) in [4.78, 5) is 15.7. The van der Waals surface area contributed by atoms with Crippen LogP contribution in [0.15, 0.2) is 36.7 Å². The number of hydrogen-bond donors (Lipinski definition) is 2. The highest BCUT2D eigenvalue weighted by Crippen LogP contribution is 2.23. The largest absolute Gasteiger partial charge is 0.397 e. The van der Waals surface area contributed by atoms with Gasteiger partial charge >= 0.3 is 0 Å². The van der Waals surface area contributed by atoms with Crippen LogP contribution in [0.25, 0.3) is 0 Å². The number of amides is 1. The molecule has 0 unspecified atom stereocenters. The van der Waals surface area contributed by atoms with E-state index in [4.69, 9.17) is 17.3 Å². The molecule has 0 saturated carbocycles. The summed E-state index contributed by atoms with van der Waals surface area (Å²) in [5.74, 6) is -0.898. The number of nitrogens with zero attached hydrogens (tertiary/aromatic N) is 1. The maximum absolute atomic E-state index is 12.8. The molecule has 2 rings (SSSR count). The summed E-state index contributed by atoms with van der Waals surface area (Å²) in [5, 5.41) is 2.67. The quantitative estimate of drug-likeness (QED) is 0.877. The molecular weight excluding hydrogens is 257 g/mol. The van der Waals surface area contributed by atoms with Gasteiger partial charge in [-0.15, -0.1) is 0 Å². The molecule has 4 nitrogen and oxygen atoms in total. The highest BCUT2D eigenvalue weighted by atomic mass is 35.5. The van der Waals surface area contributed by atoms with Gasteiger partial charge in [0, 0.05) is 6.20 Å². The van der Waals surface area contributed by atoms with E-state index < -0.39 is 11.7 Å². The van der Waals surface area contributed by atoms with E-state index in [9.17, 15) is 9.18 Å². The molecular formula is C12H9ClFN3O. The lowest BCUT2D eigenvalue weighted by atomic mass is 10.2. The Kier molecular flexibility index (Phi) is 3.43. The minimum atomic E-state index is -0.471. The molecule has 6 heteroatoms. The van der Waals surface area contributed by atoms with Crippen LogP contribution in [0.5, 0.6) is 0 Å². The van der Waals surface area contributed by atoms with Gasteiger partial charge in [-0.1, -0.05) is 11.6 Å². The van der Waals surface area contributed by atoms with Crippen molar-refractivity contribution in [1.29, 1.82) is 0 Å². The molecule has 0 aliphatic heterocycles. The molecule has 0 bridgehead atoms. The zero-order chi connectivity index (χ0) is 13.1. The van der Waals surface area contributed by atoms with Crippen LogP contribution in [0.3, 0.4) is 0 Å². The molecule has 1 aromatic carbocycles. The fraction of sp³-hybridized carbons (Fsp3) is 0. The van der Waals surface area contributed by atoms with Crippen molar-refractivity contribution in [3.05, 3.63) is 53.1 Å². The summed E-state index contributed by atoms with van der Waals surface area (Å²) in [5.41, 5.74) is 6.48. The van der Waals surface area contributed by atoms with Crippen LogP contribution in [-0.2, 0) is 0 Å². The Labute approximate surface area is 108 Å². The molecule has 18 heavy (non-hydrogen) atoms. The third-order valence-electron chi connectivity index (χ3n) is 2.28. The van der Waals surface area contributed by atoms with Gasteiger partial charge in [0.25, 0.3) is 5.91 Å². The Morgan fingerprint density at radius 2 is 2.17 bits per heavy atom. The Balaban J connectivity index is 2.24. The first-order chi connectivity index (χ1) is 8.58. The van der Waals surface area contributed by atoms with Gasteiger partial charge in [-0.3, -0.25) is 9.78 Å². The molecule has 0 saturated heterocycles. The number of carbonyl (C=O) groups excluding carboxylic acids is 1. The van der Waals surface area contributed by atoms with Crippen LogP contribution in [0.4, 0.5) is 15.8 Å². The molecule has 2 aromatic rings. The number of halogens is 2. The molecule has 0 spiro atoms. The third kappa shape index (κ3) is 2.57. The monoisotopic (exact) mass is 265 g/mol. The number of rotatable bonds is 2. The van der Waals surface area contributed by atoms with E-state index in [1.165, 1.54) is 30.6 Å². The van der Waals surface area contributed by atoms with Crippen molar-refractivity contribution in [3.8, 4) is 0 Å². The van der Waals surface area contributed by atoms with Gasteiger partial charge in [0.2, 0.25) is 0 Å². The first-order valence-corrected chi connectivity index (χ1v) is 5.41. The average molecular weight is 266 g/mol. The Hall–Kier alpha value is -2.14. The Morgan fingerprint density at radius 3 is 2.83 bits per heavy atom. The van der Waals surface area contributed by atoms with E-state index in [1.807, 2.05) is 0 Å². The summed E-state index contributed by atoms with van der Waals surface area (Å²) in [6.07, 6.45) is 2.83. The van der Waals surface area contributed by atoms with E-state index in [0.29, 0.717) is 5.69 Å². The van der Waals surface area contributed by atoms with E-state index >= 15 is 0 Å². The molecule has 0 aliphatic rings. The van der Waals surface area contributed by atoms with Crippen molar-refractivity contribution >= 4 is 28.9 Å². The molecule has 92 valence electrons. The van der Waals surface area contributed by atoms with Crippen molar-refractivity contribution in [2.75, 3.05) is 11.1 Å². The molecule has 0 radical (unpaired) electrons. The topological polar surface area (TPSA) is 68.0 Å². The molecule has 0 aliphatic carbocycles.